The minimum absolute atomic E-state index is 0.138. The fraction of sp³-hybridized carbons (Fsp3) is 0.375. The molecule has 1 aromatic carbocycles. The van der Waals surface area contributed by atoms with E-state index >= 15 is 0 Å². The van der Waals surface area contributed by atoms with Crippen molar-refractivity contribution in [2.45, 2.75) is 32.9 Å². The summed E-state index contributed by atoms with van der Waals surface area (Å²) < 4.78 is 20.2. The van der Waals surface area contributed by atoms with E-state index in [-0.39, 0.29) is 16.7 Å². The fourth-order valence-corrected chi connectivity index (χ4v) is 2.21. The van der Waals surface area contributed by atoms with Gasteiger partial charge in [-0.05, 0) is 44.0 Å². The van der Waals surface area contributed by atoms with Crippen LogP contribution in [0.4, 0.5) is 4.39 Å². The molecule has 0 saturated carbocycles. The number of benzene rings is 1. The van der Waals surface area contributed by atoms with Crippen LogP contribution in [-0.4, -0.2) is 28.3 Å². The van der Waals surface area contributed by atoms with E-state index in [1.54, 1.807) is 13.1 Å². The summed E-state index contributed by atoms with van der Waals surface area (Å²) in [4.78, 5) is 12.0. The standard InChI is InChI=1S/C16H19ClFN3O2/c1-11-9-20-21(10-11)7-3-6-19-16(22)12(2)23-15-5-4-13(18)8-14(15)17/h4-5,8-10,12H,3,6-7H2,1-2H3,(H,19,22)/t12-/m0/s1. The number of amides is 1. The van der Waals surface area contributed by atoms with Crippen LogP contribution in [0.5, 0.6) is 5.75 Å². The molecule has 1 amide bonds. The zero-order valence-corrected chi connectivity index (χ0v) is 13.8. The lowest BCUT2D eigenvalue weighted by Crippen LogP contribution is -2.37. The Labute approximate surface area is 139 Å². The van der Waals surface area contributed by atoms with Gasteiger partial charge in [-0.2, -0.15) is 5.10 Å². The SMILES string of the molecule is Cc1cnn(CCCNC(=O)[C@H](C)Oc2ccc(F)cc2Cl)c1. The van der Waals surface area contributed by atoms with E-state index < -0.39 is 11.9 Å². The Morgan fingerprint density at radius 3 is 2.96 bits per heavy atom. The maximum absolute atomic E-state index is 13.0. The maximum atomic E-state index is 13.0. The lowest BCUT2D eigenvalue weighted by atomic mass is 10.3. The predicted molar refractivity (Wildman–Crippen MR) is 86.1 cm³/mol. The van der Waals surface area contributed by atoms with E-state index in [1.807, 2.05) is 17.8 Å². The first-order chi connectivity index (χ1) is 11.0. The quantitative estimate of drug-likeness (QED) is 0.789. The summed E-state index contributed by atoms with van der Waals surface area (Å²) in [6.45, 7) is 4.84. The molecule has 0 saturated heterocycles. The number of hydrogen-bond donors (Lipinski definition) is 1. The molecule has 23 heavy (non-hydrogen) atoms. The zero-order valence-electron chi connectivity index (χ0n) is 13.1. The van der Waals surface area contributed by atoms with Crippen molar-refractivity contribution >= 4 is 17.5 Å². The molecule has 5 nitrogen and oxygen atoms in total. The highest BCUT2D eigenvalue weighted by atomic mass is 35.5. The molecule has 2 rings (SSSR count). The number of carbonyl (C=O) groups excluding carboxylic acids is 1. The summed E-state index contributed by atoms with van der Waals surface area (Å²) in [7, 11) is 0. The molecule has 7 heteroatoms. The molecule has 0 radical (unpaired) electrons. The van der Waals surface area contributed by atoms with E-state index in [9.17, 15) is 9.18 Å². The Morgan fingerprint density at radius 1 is 1.52 bits per heavy atom. The van der Waals surface area contributed by atoms with Crippen molar-refractivity contribution in [2.24, 2.45) is 0 Å². The molecule has 1 N–H and O–H groups in total. The molecule has 0 aliphatic carbocycles. The molecule has 1 heterocycles. The smallest absolute Gasteiger partial charge is 0.260 e. The summed E-state index contributed by atoms with van der Waals surface area (Å²) in [5.74, 6) is -0.418. The molecule has 0 aliphatic rings. The molecule has 2 aromatic rings. The second-order valence-electron chi connectivity index (χ2n) is 5.26. The Balaban J connectivity index is 1.74. The number of aryl methyl sites for hydroxylation is 2. The van der Waals surface area contributed by atoms with Crippen LogP contribution in [0.2, 0.25) is 5.02 Å². The minimum Gasteiger partial charge on any atom is -0.479 e. The van der Waals surface area contributed by atoms with Gasteiger partial charge < -0.3 is 10.1 Å². The molecule has 1 atom stereocenters. The van der Waals surface area contributed by atoms with Crippen molar-refractivity contribution in [3.05, 3.63) is 47.0 Å². The number of ether oxygens (including phenoxy) is 1. The number of nitrogens with zero attached hydrogens (tertiary/aromatic N) is 2. The third-order valence-electron chi connectivity index (χ3n) is 3.19. The first-order valence-corrected chi connectivity index (χ1v) is 7.72. The van der Waals surface area contributed by atoms with E-state index in [0.717, 1.165) is 24.6 Å². The Hall–Kier alpha value is -2.08. The minimum atomic E-state index is -0.718. The number of halogens is 2. The van der Waals surface area contributed by atoms with E-state index in [1.165, 1.54) is 12.1 Å². The summed E-state index contributed by atoms with van der Waals surface area (Å²) in [5.41, 5.74) is 1.10. The van der Waals surface area contributed by atoms with E-state index in [2.05, 4.69) is 10.4 Å². The second-order valence-corrected chi connectivity index (χ2v) is 5.67. The van der Waals surface area contributed by atoms with Crippen molar-refractivity contribution in [3.63, 3.8) is 0 Å². The average Bonchev–Trinajstić information content (AvgIpc) is 2.91. The Bertz CT molecular complexity index is 675. The summed E-state index contributed by atoms with van der Waals surface area (Å²) >= 11 is 5.87. The highest BCUT2D eigenvalue weighted by molar-refractivity contribution is 6.32. The number of nitrogens with one attached hydrogen (secondary N) is 1. The number of hydrogen-bond acceptors (Lipinski definition) is 3. The van der Waals surface area contributed by atoms with Crippen LogP contribution in [0.25, 0.3) is 0 Å². The van der Waals surface area contributed by atoms with Gasteiger partial charge in [-0.15, -0.1) is 0 Å². The summed E-state index contributed by atoms with van der Waals surface area (Å²) in [6.07, 6.45) is 3.78. The summed E-state index contributed by atoms with van der Waals surface area (Å²) in [6, 6.07) is 3.78. The molecule has 0 bridgehead atoms. The van der Waals surface area contributed by atoms with Crippen LogP contribution < -0.4 is 10.1 Å². The predicted octanol–water partition coefficient (Wildman–Crippen LogP) is 2.96. The van der Waals surface area contributed by atoms with Crippen LogP contribution >= 0.6 is 11.6 Å². The highest BCUT2D eigenvalue weighted by Crippen LogP contribution is 2.25. The van der Waals surface area contributed by atoms with Crippen LogP contribution in [0, 0.1) is 12.7 Å². The third-order valence-corrected chi connectivity index (χ3v) is 3.49. The molecule has 0 fully saturated rings. The van der Waals surface area contributed by atoms with Crippen LogP contribution in [0.3, 0.4) is 0 Å². The van der Waals surface area contributed by atoms with Gasteiger partial charge in [0, 0.05) is 19.3 Å². The number of rotatable bonds is 7. The van der Waals surface area contributed by atoms with Crippen LogP contribution in [0.15, 0.2) is 30.6 Å². The molecular formula is C16H19ClFN3O2. The third kappa shape index (κ3) is 5.25. The van der Waals surface area contributed by atoms with Gasteiger partial charge in [-0.3, -0.25) is 9.48 Å². The van der Waals surface area contributed by atoms with Crippen LogP contribution in [0.1, 0.15) is 18.9 Å². The zero-order chi connectivity index (χ0) is 16.8. The lowest BCUT2D eigenvalue weighted by Gasteiger charge is -2.15. The van der Waals surface area contributed by atoms with Gasteiger partial charge in [0.15, 0.2) is 6.10 Å². The second kappa shape index (κ2) is 7.97. The van der Waals surface area contributed by atoms with Crippen LogP contribution in [-0.2, 0) is 11.3 Å². The van der Waals surface area contributed by atoms with Crippen molar-refractivity contribution < 1.29 is 13.9 Å². The van der Waals surface area contributed by atoms with Crippen molar-refractivity contribution in [1.29, 1.82) is 0 Å². The van der Waals surface area contributed by atoms with E-state index in [0.29, 0.717) is 6.54 Å². The van der Waals surface area contributed by atoms with Gasteiger partial charge in [-0.1, -0.05) is 11.6 Å². The van der Waals surface area contributed by atoms with Gasteiger partial charge in [0.1, 0.15) is 11.6 Å². The molecule has 124 valence electrons. The van der Waals surface area contributed by atoms with Gasteiger partial charge in [0.25, 0.3) is 5.91 Å². The average molecular weight is 340 g/mol. The van der Waals surface area contributed by atoms with Crippen molar-refractivity contribution in [3.8, 4) is 5.75 Å². The topological polar surface area (TPSA) is 56.2 Å². The molecule has 0 spiro atoms. The lowest BCUT2D eigenvalue weighted by molar-refractivity contribution is -0.127. The van der Waals surface area contributed by atoms with Gasteiger partial charge >= 0.3 is 0 Å². The summed E-state index contributed by atoms with van der Waals surface area (Å²) in [5, 5.41) is 7.10. The molecule has 0 aliphatic heterocycles. The molecule has 1 aromatic heterocycles. The van der Waals surface area contributed by atoms with Gasteiger partial charge in [0.05, 0.1) is 11.2 Å². The Morgan fingerprint density at radius 2 is 2.30 bits per heavy atom. The normalized spacial score (nSPS) is 12.0. The van der Waals surface area contributed by atoms with Gasteiger partial charge in [0.2, 0.25) is 0 Å². The highest BCUT2D eigenvalue weighted by Gasteiger charge is 2.15. The van der Waals surface area contributed by atoms with Gasteiger partial charge in [-0.25, -0.2) is 4.39 Å². The monoisotopic (exact) mass is 339 g/mol. The van der Waals surface area contributed by atoms with Crippen molar-refractivity contribution in [1.82, 2.24) is 15.1 Å². The van der Waals surface area contributed by atoms with Crippen molar-refractivity contribution in [2.75, 3.05) is 6.54 Å². The molecular weight excluding hydrogens is 321 g/mol. The fourth-order valence-electron chi connectivity index (χ4n) is 2.00. The first-order valence-electron chi connectivity index (χ1n) is 7.34. The number of carbonyl (C=O) groups is 1. The number of aromatic nitrogens is 2. The Kier molecular flexibility index (Phi) is 5.98. The van der Waals surface area contributed by atoms with E-state index in [4.69, 9.17) is 16.3 Å². The first kappa shape index (κ1) is 17.3. The largest absolute Gasteiger partial charge is 0.479 e. The molecule has 0 unspecified atom stereocenters. The maximum Gasteiger partial charge on any atom is 0.260 e.